The van der Waals surface area contributed by atoms with E-state index in [-0.39, 0.29) is 6.61 Å². The smallest absolute Gasteiger partial charge is 0.327 e. The monoisotopic (exact) mass is 420 g/mol. The molecule has 3 unspecified atom stereocenters. The number of carbonyl (C=O) groups is 3. The molecule has 142 valence electrons. The van der Waals surface area contributed by atoms with Crippen LogP contribution in [0.2, 0.25) is 0 Å². The summed E-state index contributed by atoms with van der Waals surface area (Å²) in [4.78, 5) is 36.9. The Morgan fingerprint density at radius 3 is 2.50 bits per heavy atom. The molecule has 1 fully saturated rings. The Bertz CT molecular complexity index is 688. The first-order chi connectivity index (χ1) is 12.2. The number of alkyl halides is 1. The third kappa shape index (κ3) is 4.36. The van der Waals surface area contributed by atoms with Crippen molar-refractivity contribution in [1.82, 2.24) is 10.2 Å². The van der Waals surface area contributed by atoms with E-state index in [9.17, 15) is 19.5 Å². The summed E-state index contributed by atoms with van der Waals surface area (Å²) in [7, 11) is 6.56. The number of carboxylic acids is 1. The summed E-state index contributed by atoms with van der Waals surface area (Å²) >= 11 is 6.17. The van der Waals surface area contributed by atoms with Crippen molar-refractivity contribution >= 4 is 51.0 Å². The predicted octanol–water partition coefficient (Wildman–Crippen LogP) is 2.08. The molecule has 2 amide bonds. The number of aliphatic carboxylic acids is 1. The molecule has 26 heavy (non-hydrogen) atoms. The molecule has 0 radical (unpaired) electrons. The number of carboxylic acid groups (broad SMARTS) is 1. The molecule has 0 saturated carbocycles. The number of hydrogen-bond donors (Lipinski definition) is 2. The van der Waals surface area contributed by atoms with Gasteiger partial charge in [0.25, 0.3) is 11.8 Å². The molecule has 1 aliphatic rings. The minimum atomic E-state index is -1.23. The highest BCUT2D eigenvalue weighted by atomic mass is 35.7. The van der Waals surface area contributed by atoms with Crippen LogP contribution in [-0.4, -0.2) is 56.7 Å². The van der Waals surface area contributed by atoms with Gasteiger partial charge in [-0.2, -0.15) is 0 Å². The fourth-order valence-corrected chi connectivity index (χ4v) is 3.48. The topological polar surface area (TPSA) is 95.9 Å². The maximum Gasteiger partial charge on any atom is 0.327 e. The van der Waals surface area contributed by atoms with E-state index < -0.39 is 40.1 Å². The van der Waals surface area contributed by atoms with E-state index in [1.165, 1.54) is 0 Å². The molecule has 1 saturated heterocycles. The van der Waals surface area contributed by atoms with Crippen LogP contribution >= 0.6 is 33.3 Å². The number of nitrogens with zero attached hydrogens (tertiary/aromatic N) is 1. The summed E-state index contributed by atoms with van der Waals surface area (Å²) in [5.41, 5.74) is -0.993. The van der Waals surface area contributed by atoms with Gasteiger partial charge >= 0.3 is 5.97 Å². The molecule has 0 bridgehead atoms. The number of rotatable bonds is 8. The average molecular weight is 421 g/mol. The fourth-order valence-electron chi connectivity index (χ4n) is 2.55. The van der Waals surface area contributed by atoms with Crippen LogP contribution in [0.25, 0.3) is 0 Å². The van der Waals surface area contributed by atoms with E-state index in [1.54, 1.807) is 38.1 Å². The lowest BCUT2D eigenvalue weighted by Crippen LogP contribution is -2.74. The Hall–Kier alpha value is -1.64. The molecule has 0 aromatic heterocycles. The van der Waals surface area contributed by atoms with E-state index in [4.69, 9.17) is 27.0 Å². The lowest BCUT2D eigenvalue weighted by molar-refractivity contribution is -0.163. The van der Waals surface area contributed by atoms with Crippen LogP contribution in [0.3, 0.4) is 0 Å². The van der Waals surface area contributed by atoms with Crippen molar-refractivity contribution in [1.29, 1.82) is 0 Å². The minimum Gasteiger partial charge on any atom is -0.484 e. The van der Waals surface area contributed by atoms with Crippen LogP contribution in [0, 0.1) is 0 Å². The highest BCUT2D eigenvalue weighted by Gasteiger charge is 2.56. The molecule has 2 rings (SSSR count). The number of hydrogen-bond acceptors (Lipinski definition) is 5. The second-order valence-electron chi connectivity index (χ2n) is 6.19. The van der Waals surface area contributed by atoms with E-state index in [2.05, 4.69) is 5.32 Å². The van der Waals surface area contributed by atoms with Gasteiger partial charge < -0.3 is 20.1 Å². The van der Waals surface area contributed by atoms with Crippen LogP contribution < -0.4 is 10.1 Å². The van der Waals surface area contributed by atoms with E-state index >= 15 is 0 Å². The molecular formula is C16H18Cl2N2O5S. The van der Waals surface area contributed by atoms with Gasteiger partial charge in [0.2, 0.25) is 0 Å². The van der Waals surface area contributed by atoms with Gasteiger partial charge in [-0.05, 0) is 47.6 Å². The quantitative estimate of drug-likeness (QED) is 0.379. The van der Waals surface area contributed by atoms with E-state index in [0.717, 1.165) is 15.9 Å². The number of nitrogens with one attached hydrogen (secondary N) is 1. The van der Waals surface area contributed by atoms with Crippen LogP contribution in [0.1, 0.15) is 13.8 Å². The number of para-hydroxylation sites is 1. The molecule has 3 atom stereocenters. The summed E-state index contributed by atoms with van der Waals surface area (Å²) in [5.74, 6) is -1.82. The van der Waals surface area contributed by atoms with Gasteiger partial charge in [-0.1, -0.05) is 29.8 Å². The number of carbonyl (C=O) groups excluding carboxylic acids is 2. The first-order valence-electron chi connectivity index (χ1n) is 7.65. The zero-order valence-corrected chi connectivity index (χ0v) is 16.3. The first kappa shape index (κ1) is 20.7. The molecule has 10 heteroatoms. The molecule has 7 nitrogen and oxygen atoms in total. The third-order valence-electron chi connectivity index (χ3n) is 3.86. The zero-order chi connectivity index (χ0) is 19.5. The average Bonchev–Trinajstić information content (AvgIpc) is 2.62. The Labute approximate surface area is 164 Å². The van der Waals surface area contributed by atoms with Gasteiger partial charge in [0.05, 0.1) is 4.75 Å². The van der Waals surface area contributed by atoms with Crippen LogP contribution in [0.15, 0.2) is 30.3 Å². The number of halogens is 2. The Balaban J connectivity index is 1.96. The van der Waals surface area contributed by atoms with Crippen molar-refractivity contribution in [3.63, 3.8) is 0 Å². The van der Waals surface area contributed by atoms with Crippen molar-refractivity contribution in [3.8, 4) is 5.75 Å². The third-order valence-corrected chi connectivity index (χ3v) is 6.14. The number of benzene rings is 1. The first-order valence-corrected chi connectivity index (χ1v) is 9.73. The molecule has 2 N–H and O–H groups in total. The number of β-lactam (4-membered cyclic amide) rings is 1. The molecule has 0 aliphatic carbocycles. The second kappa shape index (κ2) is 8.37. The van der Waals surface area contributed by atoms with Gasteiger partial charge in [-0.15, -0.1) is 0 Å². The van der Waals surface area contributed by atoms with Crippen molar-refractivity contribution in [2.75, 3.05) is 6.61 Å². The summed E-state index contributed by atoms with van der Waals surface area (Å²) in [6.07, 6.45) is 0. The predicted molar refractivity (Wildman–Crippen MR) is 99.3 cm³/mol. The van der Waals surface area contributed by atoms with Crippen LogP contribution in [-0.2, 0) is 14.4 Å². The van der Waals surface area contributed by atoms with Gasteiger partial charge in [-0.3, -0.25) is 9.59 Å². The van der Waals surface area contributed by atoms with E-state index in [0.29, 0.717) is 5.75 Å². The fraction of sp³-hybridized carbons (Fsp3) is 0.438. The molecule has 1 aromatic carbocycles. The minimum absolute atomic E-state index is 0.289. The summed E-state index contributed by atoms with van der Waals surface area (Å²) < 4.78 is 4.33. The van der Waals surface area contributed by atoms with Crippen LogP contribution in [0.5, 0.6) is 5.75 Å². The van der Waals surface area contributed by atoms with Crippen molar-refractivity contribution in [3.05, 3.63) is 30.3 Å². The molecule has 1 heterocycles. The summed E-state index contributed by atoms with van der Waals surface area (Å²) in [6, 6.07) is 6.48. The molecule has 1 aromatic rings. The maximum absolute atomic E-state index is 12.4. The van der Waals surface area contributed by atoms with Gasteiger partial charge in [-0.25, -0.2) is 4.79 Å². The number of likely N-dealkylation sites (tertiary alicyclic amines) is 1. The Kier molecular flexibility index (Phi) is 6.65. The molecular weight excluding hydrogens is 403 g/mol. The van der Waals surface area contributed by atoms with Gasteiger partial charge in [0, 0.05) is 0 Å². The normalized spacial score (nSPS) is 20.9. The number of ether oxygens (including phenoxy) is 1. The van der Waals surface area contributed by atoms with Crippen molar-refractivity contribution in [2.45, 2.75) is 36.2 Å². The van der Waals surface area contributed by atoms with Crippen molar-refractivity contribution < 1.29 is 24.2 Å². The SMILES string of the molecule is CC(C)(SCl)C(C(=O)O)N1C(=O)C(NC(=O)COc2ccccc2)C1Cl. The second-order valence-corrected chi connectivity index (χ2v) is 8.30. The largest absolute Gasteiger partial charge is 0.484 e. The van der Waals surface area contributed by atoms with Crippen molar-refractivity contribution in [2.24, 2.45) is 0 Å². The van der Waals surface area contributed by atoms with Gasteiger partial charge in [0.15, 0.2) is 6.61 Å². The zero-order valence-electron chi connectivity index (χ0n) is 14.0. The van der Waals surface area contributed by atoms with Gasteiger partial charge in [0.1, 0.15) is 23.3 Å². The van der Waals surface area contributed by atoms with Crippen LogP contribution in [0.4, 0.5) is 0 Å². The number of amides is 2. The maximum atomic E-state index is 12.4. The Morgan fingerprint density at radius 1 is 1.38 bits per heavy atom. The lowest BCUT2D eigenvalue weighted by Gasteiger charge is -2.49. The summed E-state index contributed by atoms with van der Waals surface area (Å²) in [5, 5.41) is 11.9. The Morgan fingerprint density at radius 2 is 2.00 bits per heavy atom. The molecule has 0 spiro atoms. The standard InChI is InChI=1S/C16H18Cl2N2O5S/c1-16(2,26-18)12(15(23)24)20-13(17)11(14(20)22)19-10(21)8-25-9-6-4-3-5-7-9/h3-7,11-13H,8H2,1-2H3,(H,19,21)(H,23,24). The van der Waals surface area contributed by atoms with E-state index in [1.807, 2.05) is 6.07 Å². The lowest BCUT2D eigenvalue weighted by atomic mass is 9.95. The highest BCUT2D eigenvalue weighted by Crippen LogP contribution is 2.39. The highest BCUT2D eigenvalue weighted by molar-refractivity contribution is 8.22. The molecule has 1 aliphatic heterocycles. The summed E-state index contributed by atoms with van der Waals surface area (Å²) in [6.45, 7) is 2.91.